The molecule has 0 saturated heterocycles. The number of nitrogens with one attached hydrogen (secondary N) is 1. The maximum absolute atomic E-state index is 14.5. The molecule has 4 rings (SSSR count). The van der Waals surface area contributed by atoms with Crippen molar-refractivity contribution in [3.63, 3.8) is 0 Å². The second-order valence-corrected chi connectivity index (χ2v) is 13.1. The van der Waals surface area contributed by atoms with E-state index >= 15 is 0 Å². The highest BCUT2D eigenvalue weighted by Crippen LogP contribution is 2.30. The normalized spacial score (nSPS) is 11.9. The van der Waals surface area contributed by atoms with Crippen molar-refractivity contribution in [3.05, 3.63) is 130 Å². The third-order valence-corrected chi connectivity index (χ3v) is 9.55. The smallest absolute Gasteiger partial charge is 0.264 e. The fraction of sp³-hybridized carbons (Fsp3) is 0.235. The molecule has 44 heavy (non-hydrogen) atoms. The third-order valence-electron chi connectivity index (χ3n) is 7.17. The van der Waals surface area contributed by atoms with Gasteiger partial charge in [-0.15, -0.1) is 0 Å². The Morgan fingerprint density at radius 2 is 1.50 bits per heavy atom. The zero-order valence-corrected chi connectivity index (χ0v) is 26.9. The summed E-state index contributed by atoms with van der Waals surface area (Å²) in [5, 5.41) is 3.68. The van der Waals surface area contributed by atoms with E-state index in [0.717, 1.165) is 9.87 Å². The second kappa shape index (κ2) is 15.2. The molecule has 0 fully saturated rings. The van der Waals surface area contributed by atoms with Gasteiger partial charge in [0.15, 0.2) is 0 Å². The predicted molar refractivity (Wildman–Crippen MR) is 176 cm³/mol. The Morgan fingerprint density at radius 3 is 2.16 bits per heavy atom. The molecule has 10 heteroatoms. The number of nitrogens with zero attached hydrogens (tertiary/aromatic N) is 2. The number of sulfonamides is 1. The van der Waals surface area contributed by atoms with Gasteiger partial charge in [-0.3, -0.25) is 13.9 Å². The Bertz CT molecular complexity index is 1690. The van der Waals surface area contributed by atoms with Crippen LogP contribution in [0.15, 0.2) is 108 Å². The molecule has 0 bridgehead atoms. The number of rotatable bonds is 13. The Labute approximate surface area is 269 Å². The van der Waals surface area contributed by atoms with Crippen LogP contribution in [0.4, 0.5) is 5.69 Å². The van der Waals surface area contributed by atoms with E-state index in [9.17, 15) is 18.0 Å². The first-order valence-corrected chi connectivity index (χ1v) is 16.5. The first-order chi connectivity index (χ1) is 21.1. The van der Waals surface area contributed by atoms with Gasteiger partial charge in [0.1, 0.15) is 12.6 Å². The number of aryl methyl sites for hydroxylation is 1. The predicted octanol–water partition coefficient (Wildman–Crippen LogP) is 6.66. The molecular formula is C34H35Cl2N3O4S. The molecule has 0 radical (unpaired) electrons. The van der Waals surface area contributed by atoms with Crippen molar-refractivity contribution < 1.29 is 18.0 Å². The number of benzene rings is 4. The van der Waals surface area contributed by atoms with Gasteiger partial charge >= 0.3 is 0 Å². The molecule has 0 aliphatic heterocycles. The first kappa shape index (κ1) is 33.1. The van der Waals surface area contributed by atoms with Crippen LogP contribution in [0.1, 0.15) is 30.0 Å². The molecule has 1 atom stereocenters. The largest absolute Gasteiger partial charge is 0.354 e. The Balaban J connectivity index is 1.83. The quantitative estimate of drug-likeness (QED) is 0.175. The standard InChI is InChI=1S/C34H35Cl2N3O4S/c1-3-20-37-34(41)32(21-26-12-6-4-7-13-26)38(23-27-14-10-11-17-30(27)36)33(40)24-39(31-22-28(35)19-18-25(31)2)44(42,43)29-15-8-5-9-16-29/h4-19,22,32H,3,20-21,23-24H2,1-2H3,(H,37,41)/t32-/m0/s1. The van der Waals surface area contributed by atoms with Crippen molar-refractivity contribution >= 4 is 50.7 Å². The molecular weight excluding hydrogens is 617 g/mol. The number of carbonyl (C=O) groups is 2. The van der Waals surface area contributed by atoms with Gasteiger partial charge in [-0.2, -0.15) is 0 Å². The van der Waals surface area contributed by atoms with Crippen molar-refractivity contribution in [2.24, 2.45) is 0 Å². The Hall–Kier alpha value is -3.85. The van der Waals surface area contributed by atoms with Crippen molar-refractivity contribution in [3.8, 4) is 0 Å². The van der Waals surface area contributed by atoms with Gasteiger partial charge in [-0.1, -0.05) is 103 Å². The van der Waals surface area contributed by atoms with E-state index in [1.165, 1.54) is 23.1 Å². The van der Waals surface area contributed by atoms with Gasteiger partial charge in [0, 0.05) is 29.6 Å². The third kappa shape index (κ3) is 8.20. The summed E-state index contributed by atoms with van der Waals surface area (Å²) in [6, 6.07) is 28.3. The van der Waals surface area contributed by atoms with Crippen LogP contribution in [-0.2, 0) is 32.6 Å². The summed E-state index contributed by atoms with van der Waals surface area (Å²) < 4.78 is 29.3. The molecule has 4 aromatic rings. The lowest BCUT2D eigenvalue weighted by Crippen LogP contribution is -2.53. The summed E-state index contributed by atoms with van der Waals surface area (Å²) in [6.07, 6.45) is 0.924. The van der Waals surface area contributed by atoms with Crippen molar-refractivity contribution in [2.45, 2.75) is 44.2 Å². The number of hydrogen-bond acceptors (Lipinski definition) is 4. The molecule has 0 spiro atoms. The number of hydrogen-bond donors (Lipinski definition) is 1. The Kier molecular flexibility index (Phi) is 11.4. The van der Waals surface area contributed by atoms with Crippen LogP contribution in [-0.4, -0.2) is 44.3 Å². The van der Waals surface area contributed by atoms with Gasteiger partial charge in [0.2, 0.25) is 11.8 Å². The SMILES string of the molecule is CCCNC(=O)[C@H](Cc1ccccc1)N(Cc1ccccc1Cl)C(=O)CN(c1cc(Cl)ccc1C)S(=O)(=O)c1ccccc1. The van der Waals surface area contributed by atoms with E-state index in [0.29, 0.717) is 34.1 Å². The molecule has 0 unspecified atom stereocenters. The lowest BCUT2D eigenvalue weighted by atomic mass is 10.0. The van der Waals surface area contributed by atoms with Gasteiger partial charge in [-0.05, 0) is 60.4 Å². The highest BCUT2D eigenvalue weighted by atomic mass is 35.5. The molecule has 0 aliphatic carbocycles. The topological polar surface area (TPSA) is 86.8 Å². The Morgan fingerprint density at radius 1 is 0.864 bits per heavy atom. The van der Waals surface area contributed by atoms with Crippen LogP contribution in [0.5, 0.6) is 0 Å². The maximum Gasteiger partial charge on any atom is 0.264 e. The lowest BCUT2D eigenvalue weighted by molar-refractivity contribution is -0.140. The van der Waals surface area contributed by atoms with Gasteiger partial charge in [0.25, 0.3) is 10.0 Å². The second-order valence-electron chi connectivity index (χ2n) is 10.4. The van der Waals surface area contributed by atoms with Gasteiger partial charge in [-0.25, -0.2) is 8.42 Å². The van der Waals surface area contributed by atoms with E-state index in [1.54, 1.807) is 61.5 Å². The average molecular weight is 653 g/mol. The molecule has 0 aliphatic rings. The summed E-state index contributed by atoms with van der Waals surface area (Å²) in [7, 11) is -4.22. The highest BCUT2D eigenvalue weighted by Gasteiger charge is 2.35. The number of anilines is 1. The summed E-state index contributed by atoms with van der Waals surface area (Å²) in [6.45, 7) is 3.54. The fourth-order valence-electron chi connectivity index (χ4n) is 4.81. The van der Waals surface area contributed by atoms with Crippen LogP contribution >= 0.6 is 23.2 Å². The van der Waals surface area contributed by atoms with E-state index in [-0.39, 0.29) is 29.5 Å². The first-order valence-electron chi connectivity index (χ1n) is 14.3. The van der Waals surface area contributed by atoms with Gasteiger partial charge < -0.3 is 10.2 Å². The minimum Gasteiger partial charge on any atom is -0.354 e. The van der Waals surface area contributed by atoms with Gasteiger partial charge in [0.05, 0.1) is 10.6 Å². The lowest BCUT2D eigenvalue weighted by Gasteiger charge is -2.34. The summed E-state index contributed by atoms with van der Waals surface area (Å²) in [5.41, 5.74) is 2.35. The van der Waals surface area contributed by atoms with E-state index in [2.05, 4.69) is 5.32 Å². The van der Waals surface area contributed by atoms with E-state index in [4.69, 9.17) is 23.2 Å². The molecule has 0 aromatic heterocycles. The molecule has 2 amide bonds. The monoisotopic (exact) mass is 651 g/mol. The van der Waals surface area contributed by atoms with Crippen molar-refractivity contribution in [1.29, 1.82) is 0 Å². The van der Waals surface area contributed by atoms with Crippen LogP contribution in [0.2, 0.25) is 10.0 Å². The summed E-state index contributed by atoms with van der Waals surface area (Å²) in [5.74, 6) is -0.913. The molecule has 230 valence electrons. The molecule has 0 saturated carbocycles. The van der Waals surface area contributed by atoms with E-state index < -0.39 is 28.5 Å². The maximum atomic E-state index is 14.5. The number of halogens is 2. The van der Waals surface area contributed by atoms with E-state index in [1.807, 2.05) is 37.3 Å². The molecule has 1 N–H and O–H groups in total. The van der Waals surface area contributed by atoms with Crippen molar-refractivity contribution in [1.82, 2.24) is 10.2 Å². The number of carbonyl (C=O) groups excluding carboxylic acids is 2. The van der Waals surface area contributed by atoms with Crippen LogP contribution < -0.4 is 9.62 Å². The number of amides is 2. The van der Waals surface area contributed by atoms with Crippen LogP contribution in [0.25, 0.3) is 0 Å². The molecule has 0 heterocycles. The summed E-state index contributed by atoms with van der Waals surface area (Å²) in [4.78, 5) is 29.6. The molecule has 4 aromatic carbocycles. The highest BCUT2D eigenvalue weighted by molar-refractivity contribution is 7.92. The zero-order valence-electron chi connectivity index (χ0n) is 24.6. The fourth-order valence-corrected chi connectivity index (χ4v) is 6.67. The van der Waals surface area contributed by atoms with Crippen LogP contribution in [0.3, 0.4) is 0 Å². The van der Waals surface area contributed by atoms with Crippen molar-refractivity contribution in [2.75, 3.05) is 17.4 Å². The minimum absolute atomic E-state index is 0.0106. The zero-order chi connectivity index (χ0) is 31.7. The van der Waals surface area contributed by atoms with Crippen LogP contribution in [0, 0.1) is 6.92 Å². The summed E-state index contributed by atoms with van der Waals surface area (Å²) >= 11 is 12.9. The average Bonchev–Trinajstić information content (AvgIpc) is 3.03. The molecule has 7 nitrogen and oxygen atoms in total. The minimum atomic E-state index is -4.22.